The van der Waals surface area contributed by atoms with Gasteiger partial charge in [-0.3, -0.25) is 4.79 Å². The zero-order valence-electron chi connectivity index (χ0n) is 9.22. The van der Waals surface area contributed by atoms with Crippen LogP contribution in [-0.2, 0) is 9.53 Å². The maximum absolute atomic E-state index is 11.9. The average Bonchev–Trinajstić information content (AvgIpc) is 2.78. The van der Waals surface area contributed by atoms with Crippen molar-refractivity contribution in [2.45, 2.75) is 57.6 Å². The molecule has 0 saturated heterocycles. The second-order valence-electron chi connectivity index (χ2n) is 5.75. The first-order valence-electron chi connectivity index (χ1n) is 5.32. The lowest BCUT2D eigenvalue weighted by atomic mass is 9.64. The minimum absolute atomic E-state index is 0.120. The van der Waals surface area contributed by atoms with Crippen LogP contribution in [0.1, 0.15) is 46.5 Å². The molecule has 0 radical (unpaired) electrons. The molecular formula is C11H19NO2. The Morgan fingerprint density at radius 2 is 1.71 bits per heavy atom. The lowest BCUT2D eigenvalue weighted by Gasteiger charge is -2.46. The van der Waals surface area contributed by atoms with Crippen LogP contribution < -0.4 is 5.73 Å². The van der Waals surface area contributed by atoms with Crippen molar-refractivity contribution in [3.8, 4) is 0 Å². The van der Waals surface area contributed by atoms with Gasteiger partial charge in [0.1, 0.15) is 11.1 Å². The van der Waals surface area contributed by atoms with Crippen LogP contribution in [0.4, 0.5) is 0 Å². The van der Waals surface area contributed by atoms with E-state index < -0.39 is 11.1 Å². The highest BCUT2D eigenvalue weighted by Crippen LogP contribution is 2.65. The SMILES string of the molecule is CC(C)(C)OC(=O)C1(N)CCC12CC2. The van der Waals surface area contributed by atoms with Crippen molar-refractivity contribution in [1.29, 1.82) is 0 Å². The Labute approximate surface area is 85.0 Å². The highest BCUT2D eigenvalue weighted by atomic mass is 16.6. The van der Waals surface area contributed by atoms with Crippen LogP contribution >= 0.6 is 0 Å². The molecule has 0 aromatic heterocycles. The summed E-state index contributed by atoms with van der Waals surface area (Å²) in [6.45, 7) is 5.64. The summed E-state index contributed by atoms with van der Waals surface area (Å²) in [6.07, 6.45) is 4.09. The van der Waals surface area contributed by atoms with E-state index in [1.807, 2.05) is 20.8 Å². The van der Waals surface area contributed by atoms with Crippen LogP contribution in [0.3, 0.4) is 0 Å². The molecule has 3 nitrogen and oxygen atoms in total. The predicted molar refractivity (Wildman–Crippen MR) is 53.7 cm³/mol. The van der Waals surface area contributed by atoms with Crippen molar-refractivity contribution in [1.82, 2.24) is 0 Å². The van der Waals surface area contributed by atoms with Crippen molar-refractivity contribution >= 4 is 5.97 Å². The van der Waals surface area contributed by atoms with Crippen molar-refractivity contribution in [3.05, 3.63) is 0 Å². The molecule has 2 N–H and O–H groups in total. The minimum Gasteiger partial charge on any atom is -0.459 e. The summed E-state index contributed by atoms with van der Waals surface area (Å²) < 4.78 is 5.36. The highest BCUT2D eigenvalue weighted by Gasteiger charge is 2.68. The van der Waals surface area contributed by atoms with Gasteiger partial charge >= 0.3 is 5.97 Å². The quantitative estimate of drug-likeness (QED) is 0.650. The Hall–Kier alpha value is -0.570. The van der Waals surface area contributed by atoms with Gasteiger partial charge in [-0.1, -0.05) is 0 Å². The number of esters is 1. The third kappa shape index (κ3) is 1.26. The first-order chi connectivity index (χ1) is 6.29. The van der Waals surface area contributed by atoms with E-state index in [1.165, 1.54) is 0 Å². The maximum Gasteiger partial charge on any atom is 0.327 e. The molecule has 2 aliphatic carbocycles. The first-order valence-corrected chi connectivity index (χ1v) is 5.32. The van der Waals surface area contributed by atoms with E-state index in [9.17, 15) is 4.79 Å². The van der Waals surface area contributed by atoms with Gasteiger partial charge in [0.15, 0.2) is 0 Å². The number of nitrogens with two attached hydrogens (primary N) is 1. The van der Waals surface area contributed by atoms with Gasteiger partial charge in [-0.15, -0.1) is 0 Å². The van der Waals surface area contributed by atoms with Crippen molar-refractivity contribution in [2.24, 2.45) is 11.1 Å². The average molecular weight is 197 g/mol. The highest BCUT2D eigenvalue weighted by molar-refractivity contribution is 5.84. The summed E-state index contributed by atoms with van der Waals surface area (Å²) in [5.74, 6) is -0.200. The Kier molecular flexibility index (Phi) is 1.79. The molecule has 0 heterocycles. The van der Waals surface area contributed by atoms with Gasteiger partial charge in [-0.05, 0) is 51.9 Å². The number of hydrogen-bond donors (Lipinski definition) is 1. The molecule has 1 atom stereocenters. The maximum atomic E-state index is 11.9. The van der Waals surface area contributed by atoms with Crippen molar-refractivity contribution in [3.63, 3.8) is 0 Å². The van der Waals surface area contributed by atoms with E-state index in [2.05, 4.69) is 0 Å². The van der Waals surface area contributed by atoms with E-state index >= 15 is 0 Å². The molecule has 2 saturated carbocycles. The molecule has 1 unspecified atom stereocenters. The van der Waals surface area contributed by atoms with E-state index in [1.54, 1.807) is 0 Å². The molecule has 2 fully saturated rings. The Morgan fingerprint density at radius 1 is 1.21 bits per heavy atom. The zero-order valence-corrected chi connectivity index (χ0v) is 9.22. The van der Waals surface area contributed by atoms with Gasteiger partial charge in [-0.2, -0.15) is 0 Å². The number of hydrogen-bond acceptors (Lipinski definition) is 3. The van der Waals surface area contributed by atoms with Crippen LogP contribution in [0.25, 0.3) is 0 Å². The summed E-state index contributed by atoms with van der Waals surface area (Å²) >= 11 is 0. The second kappa shape index (κ2) is 2.51. The van der Waals surface area contributed by atoms with Crippen LogP contribution in [0.5, 0.6) is 0 Å². The fourth-order valence-electron chi connectivity index (χ4n) is 2.28. The summed E-state index contributed by atoms with van der Waals surface area (Å²) in [5, 5.41) is 0. The molecule has 0 amide bonds. The molecular weight excluding hydrogens is 178 g/mol. The molecule has 2 aliphatic rings. The standard InChI is InChI=1S/C11H19NO2/c1-9(2,3)14-8(13)11(12)7-6-10(11)4-5-10/h4-7,12H2,1-3H3. The van der Waals surface area contributed by atoms with Gasteiger partial charge in [0.25, 0.3) is 0 Å². The van der Waals surface area contributed by atoms with Crippen LogP contribution in [0, 0.1) is 5.41 Å². The number of ether oxygens (including phenoxy) is 1. The summed E-state index contributed by atoms with van der Waals surface area (Å²) in [6, 6.07) is 0. The molecule has 2 rings (SSSR count). The fourth-order valence-corrected chi connectivity index (χ4v) is 2.28. The lowest BCUT2D eigenvalue weighted by Crippen LogP contribution is -2.63. The monoisotopic (exact) mass is 197 g/mol. The molecule has 80 valence electrons. The first kappa shape index (κ1) is 9.97. The van der Waals surface area contributed by atoms with Gasteiger partial charge in [0.05, 0.1) is 0 Å². The van der Waals surface area contributed by atoms with Gasteiger partial charge in [-0.25, -0.2) is 0 Å². The largest absolute Gasteiger partial charge is 0.459 e. The minimum atomic E-state index is -0.666. The molecule has 0 aliphatic heterocycles. The number of rotatable bonds is 1. The topological polar surface area (TPSA) is 52.3 Å². The van der Waals surface area contributed by atoms with Crippen molar-refractivity contribution < 1.29 is 9.53 Å². The normalized spacial score (nSPS) is 33.7. The van der Waals surface area contributed by atoms with E-state index in [-0.39, 0.29) is 11.4 Å². The van der Waals surface area contributed by atoms with E-state index in [0.29, 0.717) is 0 Å². The van der Waals surface area contributed by atoms with Gasteiger partial charge < -0.3 is 10.5 Å². The van der Waals surface area contributed by atoms with Crippen LogP contribution in [-0.4, -0.2) is 17.1 Å². The smallest absolute Gasteiger partial charge is 0.327 e. The van der Waals surface area contributed by atoms with E-state index in [4.69, 9.17) is 10.5 Å². The lowest BCUT2D eigenvalue weighted by molar-refractivity contribution is -0.170. The third-order valence-corrected chi connectivity index (χ3v) is 3.56. The summed E-state index contributed by atoms with van der Waals surface area (Å²) in [5.41, 5.74) is 5.15. The number of carbonyl (C=O) groups excluding carboxylic acids is 1. The fraction of sp³-hybridized carbons (Fsp3) is 0.909. The zero-order chi connectivity index (χ0) is 10.6. The van der Waals surface area contributed by atoms with E-state index in [0.717, 1.165) is 25.7 Å². The van der Waals surface area contributed by atoms with Crippen LogP contribution in [0.15, 0.2) is 0 Å². The summed E-state index contributed by atoms with van der Waals surface area (Å²) in [7, 11) is 0. The second-order valence-corrected chi connectivity index (χ2v) is 5.75. The predicted octanol–water partition coefficient (Wildman–Crippen LogP) is 1.60. The molecule has 3 heteroatoms. The molecule has 14 heavy (non-hydrogen) atoms. The van der Waals surface area contributed by atoms with Crippen LogP contribution in [0.2, 0.25) is 0 Å². The van der Waals surface area contributed by atoms with Gasteiger partial charge in [0, 0.05) is 0 Å². The Balaban J connectivity index is 2.05. The third-order valence-electron chi connectivity index (χ3n) is 3.56. The molecule has 0 bridgehead atoms. The molecule has 0 aromatic rings. The Morgan fingerprint density at radius 3 is 2.00 bits per heavy atom. The molecule has 1 spiro atoms. The number of carbonyl (C=O) groups is 1. The molecule has 0 aromatic carbocycles. The van der Waals surface area contributed by atoms with Crippen molar-refractivity contribution in [2.75, 3.05) is 0 Å². The van der Waals surface area contributed by atoms with Gasteiger partial charge in [0.2, 0.25) is 0 Å². The summed E-state index contributed by atoms with van der Waals surface area (Å²) in [4.78, 5) is 11.9. The Bertz CT molecular complexity index is 276.